The molecule has 0 aliphatic carbocycles. The van der Waals surface area contributed by atoms with E-state index in [9.17, 15) is 23.7 Å². The number of para-hydroxylation sites is 1. The molecule has 0 bridgehead atoms. The molecule has 134 valence electrons. The number of alkyl halides is 2. The van der Waals surface area contributed by atoms with Crippen LogP contribution in [0.3, 0.4) is 0 Å². The molecule has 0 unspecified atom stereocenters. The van der Waals surface area contributed by atoms with Gasteiger partial charge in [0, 0.05) is 24.1 Å². The molecular formula is C16H11F2N3O4S. The van der Waals surface area contributed by atoms with Gasteiger partial charge in [-0.1, -0.05) is 23.9 Å². The molecule has 0 aliphatic heterocycles. The van der Waals surface area contributed by atoms with Gasteiger partial charge in [-0.3, -0.25) is 19.5 Å². The number of ether oxygens (including phenoxy) is 1. The van der Waals surface area contributed by atoms with Gasteiger partial charge in [0.2, 0.25) is 5.75 Å². The smallest absolute Gasteiger partial charge is 0.387 e. The molecule has 0 N–H and O–H groups in total. The van der Waals surface area contributed by atoms with E-state index in [1.807, 2.05) is 0 Å². The predicted octanol–water partition coefficient (Wildman–Crippen LogP) is 3.59. The first-order valence-electron chi connectivity index (χ1n) is 7.23. The van der Waals surface area contributed by atoms with Crippen LogP contribution in [0.5, 0.6) is 5.75 Å². The molecule has 3 aromatic rings. The van der Waals surface area contributed by atoms with E-state index in [-0.39, 0.29) is 5.56 Å². The quantitative estimate of drug-likeness (QED) is 0.382. The van der Waals surface area contributed by atoms with Gasteiger partial charge >= 0.3 is 12.3 Å². The fraction of sp³-hybridized carbons (Fsp3) is 0.125. The van der Waals surface area contributed by atoms with Crippen molar-refractivity contribution in [2.24, 2.45) is 7.05 Å². The summed E-state index contributed by atoms with van der Waals surface area (Å²) in [6, 6.07) is 10.4. The second-order valence-electron chi connectivity index (χ2n) is 5.14. The molecule has 3 rings (SSSR count). The van der Waals surface area contributed by atoms with E-state index >= 15 is 0 Å². The Labute approximate surface area is 149 Å². The molecule has 10 heteroatoms. The molecular weight excluding hydrogens is 368 g/mol. The van der Waals surface area contributed by atoms with E-state index < -0.39 is 23.0 Å². The second-order valence-corrected chi connectivity index (χ2v) is 6.18. The summed E-state index contributed by atoms with van der Waals surface area (Å²) in [5.74, 6) is -0.555. The minimum atomic E-state index is -3.20. The Hall–Kier alpha value is -3.01. The lowest BCUT2D eigenvalue weighted by Gasteiger charge is -2.10. The lowest BCUT2D eigenvalue weighted by molar-refractivity contribution is -0.386. The van der Waals surface area contributed by atoms with Crippen LogP contribution < -0.4 is 10.3 Å². The van der Waals surface area contributed by atoms with Gasteiger partial charge in [-0.15, -0.1) is 0 Å². The van der Waals surface area contributed by atoms with Crippen molar-refractivity contribution in [2.45, 2.75) is 16.7 Å². The molecule has 7 nitrogen and oxygen atoms in total. The van der Waals surface area contributed by atoms with Gasteiger partial charge in [0.25, 0.3) is 5.56 Å². The number of halogens is 2. The number of nitro benzene ring substituents is 1. The first-order valence-corrected chi connectivity index (χ1v) is 8.05. The van der Waals surface area contributed by atoms with Crippen molar-refractivity contribution in [3.8, 4) is 5.75 Å². The van der Waals surface area contributed by atoms with Crippen LogP contribution in [0.25, 0.3) is 10.9 Å². The molecule has 0 atom stereocenters. The maximum Gasteiger partial charge on any atom is 0.387 e. The lowest BCUT2D eigenvalue weighted by atomic mass is 10.2. The van der Waals surface area contributed by atoms with Crippen molar-refractivity contribution >= 4 is 28.4 Å². The predicted molar refractivity (Wildman–Crippen MR) is 90.8 cm³/mol. The summed E-state index contributed by atoms with van der Waals surface area (Å²) in [4.78, 5) is 27.3. The topological polar surface area (TPSA) is 87.3 Å². The van der Waals surface area contributed by atoms with Gasteiger partial charge in [0.15, 0.2) is 5.16 Å². The van der Waals surface area contributed by atoms with Crippen molar-refractivity contribution in [2.75, 3.05) is 0 Å². The van der Waals surface area contributed by atoms with Gasteiger partial charge in [0.05, 0.1) is 15.8 Å². The van der Waals surface area contributed by atoms with Crippen LogP contribution in [0, 0.1) is 10.1 Å². The fourth-order valence-corrected chi connectivity index (χ4v) is 3.17. The fourth-order valence-electron chi connectivity index (χ4n) is 2.29. The minimum Gasteiger partial charge on any atom is -0.427 e. The maximum atomic E-state index is 12.5. The molecule has 0 spiro atoms. The Balaban J connectivity index is 2.04. The average molecular weight is 379 g/mol. The van der Waals surface area contributed by atoms with Gasteiger partial charge in [-0.05, 0) is 18.2 Å². The molecule has 0 aliphatic rings. The summed E-state index contributed by atoms with van der Waals surface area (Å²) in [7, 11) is 1.53. The number of rotatable bonds is 5. The van der Waals surface area contributed by atoms with E-state index in [4.69, 9.17) is 0 Å². The van der Waals surface area contributed by atoms with E-state index in [0.717, 1.165) is 23.9 Å². The second kappa shape index (κ2) is 7.08. The summed E-state index contributed by atoms with van der Waals surface area (Å²) >= 11 is 1.01. The van der Waals surface area contributed by atoms with Crippen LogP contribution in [0.4, 0.5) is 14.5 Å². The molecule has 1 aromatic heterocycles. The highest BCUT2D eigenvalue weighted by Gasteiger charge is 2.20. The summed E-state index contributed by atoms with van der Waals surface area (Å²) < 4.78 is 30.6. The van der Waals surface area contributed by atoms with Crippen LogP contribution in [0.1, 0.15) is 0 Å². The third-order valence-corrected chi connectivity index (χ3v) is 4.53. The number of aromatic nitrogens is 2. The molecule has 0 radical (unpaired) electrons. The minimum absolute atomic E-state index is 0.260. The van der Waals surface area contributed by atoms with Gasteiger partial charge in [-0.2, -0.15) is 8.78 Å². The van der Waals surface area contributed by atoms with Crippen molar-refractivity contribution in [3.05, 3.63) is 62.9 Å². The van der Waals surface area contributed by atoms with Crippen LogP contribution >= 0.6 is 11.8 Å². The van der Waals surface area contributed by atoms with E-state index in [1.165, 1.54) is 17.7 Å². The summed E-state index contributed by atoms with van der Waals surface area (Å²) in [6.07, 6.45) is 0. The molecule has 1 heterocycles. The SMILES string of the molecule is Cn1c(Sc2ccc([N+](=O)[O-])c(OC(F)F)c2)nc2ccccc2c1=O. The zero-order valence-corrected chi connectivity index (χ0v) is 14.1. The number of nitro groups is 1. The summed E-state index contributed by atoms with van der Waals surface area (Å²) in [6.45, 7) is -3.20. The molecule has 2 aromatic carbocycles. The maximum absolute atomic E-state index is 12.5. The summed E-state index contributed by atoms with van der Waals surface area (Å²) in [5.41, 5.74) is -0.344. The average Bonchev–Trinajstić information content (AvgIpc) is 2.59. The molecule has 0 saturated carbocycles. The Morgan fingerprint density at radius 2 is 2.00 bits per heavy atom. The van der Waals surface area contributed by atoms with Gasteiger partial charge in [-0.25, -0.2) is 4.98 Å². The van der Waals surface area contributed by atoms with Gasteiger partial charge < -0.3 is 4.74 Å². The first-order chi connectivity index (χ1) is 12.4. The Morgan fingerprint density at radius 3 is 2.69 bits per heavy atom. The third kappa shape index (κ3) is 3.49. The van der Waals surface area contributed by atoms with Crippen molar-refractivity contribution < 1.29 is 18.4 Å². The highest BCUT2D eigenvalue weighted by Crippen LogP contribution is 2.35. The molecule has 0 fully saturated rings. The normalized spacial score (nSPS) is 11.1. The molecule has 0 amide bonds. The van der Waals surface area contributed by atoms with Crippen molar-refractivity contribution in [3.63, 3.8) is 0 Å². The number of hydrogen-bond donors (Lipinski definition) is 0. The summed E-state index contributed by atoms with van der Waals surface area (Å²) in [5, 5.41) is 11.7. The first kappa shape index (κ1) is 17.8. The highest BCUT2D eigenvalue weighted by atomic mass is 32.2. The van der Waals surface area contributed by atoms with E-state index in [2.05, 4.69) is 9.72 Å². The van der Waals surface area contributed by atoms with Crippen molar-refractivity contribution in [1.29, 1.82) is 0 Å². The van der Waals surface area contributed by atoms with E-state index in [1.54, 1.807) is 24.3 Å². The third-order valence-electron chi connectivity index (χ3n) is 3.50. The largest absolute Gasteiger partial charge is 0.427 e. The van der Waals surface area contributed by atoms with Crippen LogP contribution in [-0.2, 0) is 7.05 Å². The molecule has 26 heavy (non-hydrogen) atoms. The number of fused-ring (bicyclic) bond motifs is 1. The standard InChI is InChI=1S/C16H11F2N3O4S/c1-20-14(22)10-4-2-3-5-11(10)19-16(20)26-9-6-7-12(21(23)24)13(8-9)25-15(17)18/h2-8,15H,1H3. The highest BCUT2D eigenvalue weighted by molar-refractivity contribution is 7.99. The Kier molecular flexibility index (Phi) is 4.85. The van der Waals surface area contributed by atoms with Crippen molar-refractivity contribution in [1.82, 2.24) is 9.55 Å². The lowest BCUT2D eigenvalue weighted by Crippen LogP contribution is -2.19. The van der Waals surface area contributed by atoms with Crippen LogP contribution in [0.2, 0.25) is 0 Å². The number of benzene rings is 2. The van der Waals surface area contributed by atoms with Crippen LogP contribution in [0.15, 0.2) is 57.3 Å². The monoisotopic (exact) mass is 379 g/mol. The van der Waals surface area contributed by atoms with Gasteiger partial charge in [0.1, 0.15) is 0 Å². The zero-order valence-electron chi connectivity index (χ0n) is 13.3. The Bertz CT molecular complexity index is 1060. The molecule has 0 saturated heterocycles. The van der Waals surface area contributed by atoms with Crippen LogP contribution in [-0.4, -0.2) is 21.1 Å². The number of hydrogen-bond acceptors (Lipinski definition) is 6. The Morgan fingerprint density at radius 1 is 1.27 bits per heavy atom. The van der Waals surface area contributed by atoms with E-state index in [0.29, 0.717) is 21.0 Å². The number of nitrogens with zero attached hydrogens (tertiary/aromatic N) is 3. The zero-order chi connectivity index (χ0) is 18.8.